The van der Waals surface area contributed by atoms with Gasteiger partial charge in [-0.3, -0.25) is 4.79 Å². The highest BCUT2D eigenvalue weighted by atomic mass is 19.1. The van der Waals surface area contributed by atoms with E-state index in [1.54, 1.807) is 22.8 Å². The summed E-state index contributed by atoms with van der Waals surface area (Å²) in [5.74, 6) is 0.361. The van der Waals surface area contributed by atoms with Gasteiger partial charge in [0.1, 0.15) is 11.6 Å². The van der Waals surface area contributed by atoms with Crippen LogP contribution in [-0.2, 0) is 0 Å². The number of aliphatic hydroxyl groups is 1. The number of hydrogen-bond donors (Lipinski definition) is 2. The van der Waals surface area contributed by atoms with E-state index in [1.165, 1.54) is 6.07 Å². The molecule has 7 nitrogen and oxygen atoms in total. The second-order valence-electron chi connectivity index (χ2n) is 8.82. The van der Waals surface area contributed by atoms with Crippen molar-refractivity contribution >= 4 is 17.4 Å². The standard InChI is InChI=1S/C24H28FN5O2/c25-18-7-3-6-16(13-18)20-9-4-12-29(20)23-11-10-22-26-14-21(30(22)28-23)24(32)27-19-8-2-1-5-17(19)15-31/h3,6-7,10-11,13-14,17,19-20,31H,1-2,4-5,8-9,12,15H2,(H,27,32)/t17-,19-,20-/m1/s1. The maximum atomic E-state index is 13.8. The third kappa shape index (κ3) is 3.95. The number of hydrogen-bond acceptors (Lipinski definition) is 5. The summed E-state index contributed by atoms with van der Waals surface area (Å²) in [6, 6.07) is 10.5. The van der Waals surface area contributed by atoms with Gasteiger partial charge in [-0.15, -0.1) is 5.10 Å². The van der Waals surface area contributed by atoms with Gasteiger partial charge in [-0.05, 0) is 55.5 Å². The van der Waals surface area contributed by atoms with Crippen LogP contribution in [-0.4, -0.2) is 44.8 Å². The van der Waals surface area contributed by atoms with E-state index in [4.69, 9.17) is 5.10 Å². The number of anilines is 1. The van der Waals surface area contributed by atoms with Gasteiger partial charge in [0.25, 0.3) is 5.91 Å². The molecule has 8 heteroatoms. The van der Waals surface area contributed by atoms with Crippen molar-refractivity contribution in [1.29, 1.82) is 0 Å². The number of carbonyl (C=O) groups excluding carboxylic acids is 1. The zero-order valence-electron chi connectivity index (χ0n) is 18.0. The fraction of sp³-hybridized carbons (Fsp3) is 0.458. The molecule has 3 heterocycles. The number of halogens is 1. The van der Waals surface area contributed by atoms with Crippen molar-refractivity contribution in [3.05, 3.63) is 59.7 Å². The second kappa shape index (κ2) is 8.86. The minimum Gasteiger partial charge on any atom is -0.396 e. The Balaban J connectivity index is 1.42. The van der Waals surface area contributed by atoms with Crippen LogP contribution in [0.25, 0.3) is 5.65 Å². The van der Waals surface area contributed by atoms with Crippen molar-refractivity contribution < 1.29 is 14.3 Å². The van der Waals surface area contributed by atoms with Crippen molar-refractivity contribution in [3.63, 3.8) is 0 Å². The van der Waals surface area contributed by atoms with E-state index in [2.05, 4.69) is 15.2 Å². The molecule has 1 amide bonds. The van der Waals surface area contributed by atoms with Gasteiger partial charge in [-0.25, -0.2) is 13.9 Å². The predicted octanol–water partition coefficient (Wildman–Crippen LogP) is 3.49. The molecular formula is C24H28FN5O2. The summed E-state index contributed by atoms with van der Waals surface area (Å²) in [6.07, 6.45) is 7.39. The molecule has 2 aromatic heterocycles. The average Bonchev–Trinajstić information content (AvgIpc) is 3.46. The maximum Gasteiger partial charge on any atom is 0.271 e. The van der Waals surface area contributed by atoms with Gasteiger partial charge < -0.3 is 15.3 Å². The Labute approximate surface area is 186 Å². The minimum atomic E-state index is -0.241. The molecule has 0 unspecified atom stereocenters. The topological polar surface area (TPSA) is 82.8 Å². The average molecular weight is 438 g/mol. The van der Waals surface area contributed by atoms with Gasteiger partial charge in [0.15, 0.2) is 11.3 Å². The van der Waals surface area contributed by atoms with E-state index >= 15 is 0 Å². The Hall–Kier alpha value is -3.00. The highest BCUT2D eigenvalue weighted by molar-refractivity contribution is 5.93. The summed E-state index contributed by atoms with van der Waals surface area (Å²) in [6.45, 7) is 0.896. The van der Waals surface area contributed by atoms with Crippen LogP contribution in [0, 0.1) is 11.7 Å². The fourth-order valence-electron chi connectivity index (χ4n) is 5.13. The molecule has 3 aromatic rings. The van der Waals surface area contributed by atoms with Gasteiger partial charge >= 0.3 is 0 Å². The third-order valence-electron chi connectivity index (χ3n) is 6.82. The predicted molar refractivity (Wildman–Crippen MR) is 119 cm³/mol. The summed E-state index contributed by atoms with van der Waals surface area (Å²) in [5, 5.41) is 17.5. The highest BCUT2D eigenvalue weighted by Gasteiger charge is 2.29. The lowest BCUT2D eigenvalue weighted by atomic mass is 9.85. The van der Waals surface area contributed by atoms with E-state index in [0.29, 0.717) is 11.3 Å². The molecule has 0 radical (unpaired) electrons. The number of fused-ring (bicyclic) bond motifs is 1. The summed E-state index contributed by atoms with van der Waals surface area (Å²) in [4.78, 5) is 19.6. The molecule has 0 spiro atoms. The van der Waals surface area contributed by atoms with E-state index in [9.17, 15) is 14.3 Å². The Morgan fingerprint density at radius 2 is 2.03 bits per heavy atom. The molecule has 2 N–H and O–H groups in total. The van der Waals surface area contributed by atoms with Crippen LogP contribution in [0.15, 0.2) is 42.6 Å². The summed E-state index contributed by atoms with van der Waals surface area (Å²) >= 11 is 0. The Bertz CT molecular complexity index is 1120. The summed E-state index contributed by atoms with van der Waals surface area (Å²) < 4.78 is 15.4. The van der Waals surface area contributed by atoms with Crippen LogP contribution < -0.4 is 10.2 Å². The molecule has 3 atom stereocenters. The normalized spacial score (nSPS) is 23.6. The number of benzene rings is 1. The van der Waals surface area contributed by atoms with E-state index in [0.717, 1.165) is 56.5 Å². The van der Waals surface area contributed by atoms with Gasteiger partial charge in [0.05, 0.1) is 12.2 Å². The van der Waals surface area contributed by atoms with Crippen LogP contribution in [0.1, 0.15) is 60.6 Å². The number of rotatable bonds is 5. The fourth-order valence-corrected chi connectivity index (χ4v) is 5.13. The molecular weight excluding hydrogens is 409 g/mol. The molecule has 168 valence electrons. The lowest BCUT2D eigenvalue weighted by Gasteiger charge is -2.30. The molecule has 1 aliphatic heterocycles. The molecule has 1 aromatic carbocycles. The second-order valence-corrected chi connectivity index (χ2v) is 8.82. The summed E-state index contributed by atoms with van der Waals surface area (Å²) in [7, 11) is 0. The van der Waals surface area contributed by atoms with Crippen LogP contribution in [0.2, 0.25) is 0 Å². The molecule has 1 aliphatic carbocycles. The molecule has 0 bridgehead atoms. The van der Waals surface area contributed by atoms with Crippen LogP contribution in [0.5, 0.6) is 0 Å². The monoisotopic (exact) mass is 437 g/mol. The molecule has 2 aliphatic rings. The highest BCUT2D eigenvalue weighted by Crippen LogP contribution is 2.35. The van der Waals surface area contributed by atoms with Gasteiger partial charge in [-0.2, -0.15) is 0 Å². The first kappa shape index (κ1) is 20.9. The first-order chi connectivity index (χ1) is 15.6. The number of aliphatic hydroxyl groups excluding tert-OH is 1. The zero-order valence-corrected chi connectivity index (χ0v) is 18.0. The van der Waals surface area contributed by atoms with Crippen LogP contribution >= 0.6 is 0 Å². The zero-order chi connectivity index (χ0) is 22.1. The van der Waals surface area contributed by atoms with E-state index in [1.807, 2.05) is 18.2 Å². The minimum absolute atomic E-state index is 0.0362. The third-order valence-corrected chi connectivity index (χ3v) is 6.82. The first-order valence-corrected chi connectivity index (χ1v) is 11.4. The molecule has 2 fully saturated rings. The smallest absolute Gasteiger partial charge is 0.271 e. The van der Waals surface area contributed by atoms with E-state index in [-0.39, 0.29) is 36.3 Å². The Morgan fingerprint density at radius 1 is 1.16 bits per heavy atom. The quantitative estimate of drug-likeness (QED) is 0.639. The SMILES string of the molecule is O=C(N[C@@H]1CCCC[C@@H]1CO)c1cnc2ccc(N3CCC[C@@H]3c3cccc(F)c3)nn12. The Kier molecular flexibility index (Phi) is 5.78. The molecule has 5 rings (SSSR count). The molecule has 32 heavy (non-hydrogen) atoms. The summed E-state index contributed by atoms with van der Waals surface area (Å²) in [5.41, 5.74) is 1.91. The van der Waals surface area contributed by atoms with Gasteiger partial charge in [0.2, 0.25) is 0 Å². The maximum absolute atomic E-state index is 13.8. The Morgan fingerprint density at radius 3 is 2.88 bits per heavy atom. The van der Waals surface area contributed by atoms with Crippen molar-refractivity contribution in [2.45, 2.75) is 50.6 Å². The van der Waals surface area contributed by atoms with Crippen molar-refractivity contribution in [2.24, 2.45) is 5.92 Å². The van der Waals surface area contributed by atoms with Crippen LogP contribution in [0.4, 0.5) is 10.2 Å². The number of carbonyl (C=O) groups is 1. The van der Waals surface area contributed by atoms with Crippen molar-refractivity contribution in [1.82, 2.24) is 19.9 Å². The lowest BCUT2D eigenvalue weighted by Crippen LogP contribution is -2.43. The molecule has 1 saturated heterocycles. The number of amides is 1. The van der Waals surface area contributed by atoms with Crippen molar-refractivity contribution in [2.75, 3.05) is 18.1 Å². The number of nitrogens with one attached hydrogen (secondary N) is 1. The molecule has 1 saturated carbocycles. The van der Waals surface area contributed by atoms with Crippen LogP contribution in [0.3, 0.4) is 0 Å². The first-order valence-electron chi connectivity index (χ1n) is 11.4. The van der Waals surface area contributed by atoms with Gasteiger partial charge in [-0.1, -0.05) is 25.0 Å². The van der Waals surface area contributed by atoms with E-state index < -0.39 is 0 Å². The number of aromatic nitrogens is 3. The van der Waals surface area contributed by atoms with Gasteiger partial charge in [0, 0.05) is 25.1 Å². The number of nitrogens with zero attached hydrogens (tertiary/aromatic N) is 4. The lowest BCUT2D eigenvalue weighted by molar-refractivity contribution is 0.0865. The van der Waals surface area contributed by atoms with Crippen molar-refractivity contribution in [3.8, 4) is 0 Å². The number of imidazole rings is 1. The largest absolute Gasteiger partial charge is 0.396 e.